The van der Waals surface area contributed by atoms with Crippen molar-refractivity contribution in [2.45, 2.75) is 51.6 Å². The van der Waals surface area contributed by atoms with Crippen LogP contribution >= 0.6 is 0 Å². The quantitative estimate of drug-likeness (QED) is 0.794. The van der Waals surface area contributed by atoms with Crippen molar-refractivity contribution in [2.75, 3.05) is 39.8 Å². The van der Waals surface area contributed by atoms with E-state index in [-0.39, 0.29) is 5.91 Å². The Balaban J connectivity index is 1.64. The van der Waals surface area contributed by atoms with E-state index in [9.17, 15) is 4.79 Å². The zero-order valence-electron chi connectivity index (χ0n) is 16.8. The summed E-state index contributed by atoms with van der Waals surface area (Å²) in [6, 6.07) is 4.20. The van der Waals surface area contributed by atoms with Crippen LogP contribution in [-0.4, -0.2) is 66.6 Å². The van der Waals surface area contributed by atoms with Crippen molar-refractivity contribution in [3.8, 4) is 5.88 Å². The number of nitrogens with zero attached hydrogens (tertiary/aromatic N) is 3. The third-order valence-corrected chi connectivity index (χ3v) is 6.07. The Morgan fingerprint density at radius 2 is 2.00 bits per heavy atom. The molecule has 0 bridgehead atoms. The number of pyridine rings is 1. The van der Waals surface area contributed by atoms with Gasteiger partial charge in [0.15, 0.2) is 0 Å². The first-order chi connectivity index (χ1) is 13.2. The van der Waals surface area contributed by atoms with Gasteiger partial charge in [-0.05, 0) is 63.3 Å². The first-order valence-corrected chi connectivity index (χ1v) is 10.4. The Bertz CT molecular complexity index is 578. The Kier molecular flexibility index (Phi) is 7.47. The van der Waals surface area contributed by atoms with Crippen LogP contribution in [0, 0.1) is 5.92 Å². The minimum absolute atomic E-state index is 0.257. The number of ether oxygens (including phenoxy) is 1. The summed E-state index contributed by atoms with van der Waals surface area (Å²) >= 11 is 0. The first-order valence-electron chi connectivity index (χ1n) is 10.4. The summed E-state index contributed by atoms with van der Waals surface area (Å²) in [5.74, 6) is 1.70. The standard InChI is InChI=1S/C21H34N4O2/c1-3-17-8-12-24(13-9-17)16-21(26)25(19-6-10-22-11-7-19)15-18-4-5-20(27-2)23-14-18/h4-5,14,17,19,22H,3,6-13,15-16H2,1-2H3. The summed E-state index contributed by atoms with van der Waals surface area (Å²) in [6.07, 6.45) is 7.57. The molecule has 1 aromatic rings. The van der Waals surface area contributed by atoms with Crippen LogP contribution < -0.4 is 10.1 Å². The predicted molar refractivity (Wildman–Crippen MR) is 107 cm³/mol. The average Bonchev–Trinajstić information content (AvgIpc) is 2.73. The molecule has 1 amide bonds. The molecule has 0 spiro atoms. The van der Waals surface area contributed by atoms with Crippen LogP contribution in [0.5, 0.6) is 5.88 Å². The second-order valence-electron chi connectivity index (χ2n) is 7.84. The van der Waals surface area contributed by atoms with E-state index < -0.39 is 0 Å². The normalized spacial score (nSPS) is 19.8. The number of rotatable bonds is 7. The van der Waals surface area contributed by atoms with Crippen LogP contribution in [0.25, 0.3) is 0 Å². The number of carbonyl (C=O) groups excluding carboxylic acids is 1. The minimum Gasteiger partial charge on any atom is -0.481 e. The highest BCUT2D eigenvalue weighted by Gasteiger charge is 2.28. The van der Waals surface area contributed by atoms with E-state index in [1.807, 2.05) is 18.3 Å². The summed E-state index contributed by atoms with van der Waals surface area (Å²) < 4.78 is 5.15. The molecule has 0 unspecified atom stereocenters. The first kappa shape index (κ1) is 20.1. The van der Waals surface area contributed by atoms with Gasteiger partial charge in [-0.2, -0.15) is 0 Å². The van der Waals surface area contributed by atoms with Crippen molar-refractivity contribution in [3.63, 3.8) is 0 Å². The molecular formula is C21H34N4O2. The number of nitrogens with one attached hydrogen (secondary N) is 1. The van der Waals surface area contributed by atoms with E-state index >= 15 is 0 Å². The molecule has 2 saturated heterocycles. The minimum atomic E-state index is 0.257. The molecule has 1 aromatic heterocycles. The van der Waals surface area contributed by atoms with Crippen molar-refractivity contribution in [3.05, 3.63) is 23.9 Å². The number of amides is 1. The molecule has 0 saturated carbocycles. The molecule has 150 valence electrons. The van der Waals surface area contributed by atoms with Gasteiger partial charge in [-0.25, -0.2) is 4.98 Å². The van der Waals surface area contributed by atoms with Gasteiger partial charge >= 0.3 is 0 Å². The highest BCUT2D eigenvalue weighted by atomic mass is 16.5. The molecule has 3 rings (SSSR count). The summed E-state index contributed by atoms with van der Waals surface area (Å²) in [5.41, 5.74) is 1.06. The lowest BCUT2D eigenvalue weighted by atomic mass is 9.94. The molecule has 0 aromatic carbocycles. The Morgan fingerprint density at radius 3 is 2.59 bits per heavy atom. The summed E-state index contributed by atoms with van der Waals surface area (Å²) in [7, 11) is 1.62. The van der Waals surface area contributed by atoms with Gasteiger partial charge in [-0.3, -0.25) is 9.69 Å². The molecule has 2 fully saturated rings. The van der Waals surface area contributed by atoms with Gasteiger partial charge in [-0.15, -0.1) is 0 Å². The predicted octanol–water partition coefficient (Wildman–Crippen LogP) is 2.29. The number of hydrogen-bond donors (Lipinski definition) is 1. The molecule has 2 aliphatic heterocycles. The largest absolute Gasteiger partial charge is 0.481 e. The molecule has 0 atom stereocenters. The van der Waals surface area contributed by atoms with Crippen LogP contribution in [-0.2, 0) is 11.3 Å². The number of hydrogen-bond acceptors (Lipinski definition) is 5. The number of aromatic nitrogens is 1. The smallest absolute Gasteiger partial charge is 0.237 e. The Labute approximate surface area is 163 Å². The summed E-state index contributed by atoms with van der Waals surface area (Å²) in [4.78, 5) is 21.9. The molecule has 0 aliphatic carbocycles. The number of carbonyl (C=O) groups is 1. The lowest BCUT2D eigenvalue weighted by Crippen LogP contribution is -2.49. The van der Waals surface area contributed by atoms with Gasteiger partial charge in [0.05, 0.1) is 13.7 Å². The zero-order chi connectivity index (χ0) is 19.1. The average molecular weight is 375 g/mol. The van der Waals surface area contributed by atoms with Gasteiger partial charge in [0.2, 0.25) is 11.8 Å². The van der Waals surface area contributed by atoms with Crippen molar-refractivity contribution < 1.29 is 9.53 Å². The molecule has 0 radical (unpaired) electrons. The second-order valence-corrected chi connectivity index (χ2v) is 7.84. The van der Waals surface area contributed by atoms with Crippen molar-refractivity contribution >= 4 is 5.91 Å². The lowest BCUT2D eigenvalue weighted by molar-refractivity contribution is -0.136. The molecule has 1 N–H and O–H groups in total. The zero-order valence-corrected chi connectivity index (χ0v) is 16.8. The number of piperidine rings is 2. The van der Waals surface area contributed by atoms with Crippen LogP contribution in [0.1, 0.15) is 44.6 Å². The second kappa shape index (κ2) is 10.0. The molecule has 3 heterocycles. The van der Waals surface area contributed by atoms with Crippen LogP contribution in [0.15, 0.2) is 18.3 Å². The van der Waals surface area contributed by atoms with Gasteiger partial charge < -0.3 is 15.0 Å². The Morgan fingerprint density at radius 1 is 1.26 bits per heavy atom. The fourth-order valence-corrected chi connectivity index (χ4v) is 4.20. The maximum atomic E-state index is 13.2. The van der Waals surface area contributed by atoms with Gasteiger partial charge in [0, 0.05) is 24.8 Å². The SMILES string of the molecule is CCC1CCN(CC(=O)N(Cc2ccc(OC)nc2)C2CCNCC2)CC1. The van der Waals surface area contributed by atoms with Crippen LogP contribution in [0.3, 0.4) is 0 Å². The topological polar surface area (TPSA) is 57.7 Å². The van der Waals surface area contributed by atoms with Gasteiger partial charge in [0.1, 0.15) is 0 Å². The fourth-order valence-electron chi connectivity index (χ4n) is 4.20. The molecule has 2 aliphatic rings. The molecule has 6 heteroatoms. The maximum absolute atomic E-state index is 13.2. The summed E-state index contributed by atoms with van der Waals surface area (Å²) in [6.45, 7) is 7.51. The Hall–Kier alpha value is -1.66. The molecule has 6 nitrogen and oxygen atoms in total. The van der Waals surface area contributed by atoms with Gasteiger partial charge in [-0.1, -0.05) is 19.4 Å². The van der Waals surface area contributed by atoms with E-state index in [2.05, 4.69) is 27.0 Å². The monoisotopic (exact) mass is 374 g/mol. The highest BCUT2D eigenvalue weighted by Crippen LogP contribution is 2.21. The number of methoxy groups -OCH3 is 1. The third-order valence-electron chi connectivity index (χ3n) is 6.07. The number of likely N-dealkylation sites (tertiary alicyclic amines) is 1. The molecular weight excluding hydrogens is 340 g/mol. The fraction of sp³-hybridized carbons (Fsp3) is 0.714. The van der Waals surface area contributed by atoms with Crippen molar-refractivity contribution in [2.24, 2.45) is 5.92 Å². The van der Waals surface area contributed by atoms with Crippen molar-refractivity contribution in [1.82, 2.24) is 20.1 Å². The van der Waals surface area contributed by atoms with Crippen molar-refractivity contribution in [1.29, 1.82) is 0 Å². The third kappa shape index (κ3) is 5.66. The van der Waals surface area contributed by atoms with E-state index in [1.54, 1.807) is 7.11 Å². The van der Waals surface area contributed by atoms with Gasteiger partial charge in [0.25, 0.3) is 0 Å². The lowest BCUT2D eigenvalue weighted by Gasteiger charge is -2.37. The van der Waals surface area contributed by atoms with E-state index in [0.29, 0.717) is 25.0 Å². The molecule has 27 heavy (non-hydrogen) atoms. The maximum Gasteiger partial charge on any atom is 0.237 e. The van der Waals surface area contributed by atoms with Crippen LogP contribution in [0.2, 0.25) is 0 Å². The van der Waals surface area contributed by atoms with Crippen LogP contribution in [0.4, 0.5) is 0 Å². The van der Waals surface area contributed by atoms with E-state index in [1.165, 1.54) is 19.3 Å². The summed E-state index contributed by atoms with van der Waals surface area (Å²) in [5, 5.41) is 3.40. The van der Waals surface area contributed by atoms with E-state index in [0.717, 1.165) is 50.5 Å². The van der Waals surface area contributed by atoms with E-state index in [4.69, 9.17) is 4.74 Å². The highest BCUT2D eigenvalue weighted by molar-refractivity contribution is 5.78.